The lowest BCUT2D eigenvalue weighted by Gasteiger charge is -2.31. The number of benzene rings is 2. The highest BCUT2D eigenvalue weighted by Gasteiger charge is 2.26. The van der Waals surface area contributed by atoms with Gasteiger partial charge in [-0.25, -0.2) is 4.98 Å². The lowest BCUT2D eigenvalue weighted by atomic mass is 9.97. The maximum atomic E-state index is 12.8. The maximum Gasteiger partial charge on any atom is 0.253 e. The number of nitrogens with zero attached hydrogens (tertiary/aromatic N) is 2. The number of fused-ring (bicyclic) bond motifs is 1. The summed E-state index contributed by atoms with van der Waals surface area (Å²) in [6.45, 7) is 3.79. The molecule has 0 spiro atoms. The van der Waals surface area contributed by atoms with E-state index < -0.39 is 0 Å². The number of piperidine rings is 1. The molecule has 2 heterocycles. The van der Waals surface area contributed by atoms with Crippen LogP contribution in [0.2, 0.25) is 0 Å². The first-order chi connectivity index (χ1) is 13.2. The summed E-state index contributed by atoms with van der Waals surface area (Å²) in [7, 11) is 0. The molecule has 3 nitrogen and oxygen atoms in total. The van der Waals surface area contributed by atoms with Gasteiger partial charge < -0.3 is 4.90 Å². The number of hydrogen-bond donors (Lipinski definition) is 0. The van der Waals surface area contributed by atoms with Crippen molar-refractivity contribution < 1.29 is 4.79 Å². The molecule has 1 amide bonds. The average Bonchev–Trinajstić information content (AvgIpc) is 3.16. The number of thiazole rings is 1. The van der Waals surface area contributed by atoms with Gasteiger partial charge in [0.25, 0.3) is 5.91 Å². The first-order valence-electron chi connectivity index (χ1n) is 9.56. The van der Waals surface area contributed by atoms with Crippen LogP contribution in [0.3, 0.4) is 0 Å². The number of rotatable bonds is 5. The van der Waals surface area contributed by atoms with Crippen LogP contribution in [-0.4, -0.2) is 34.6 Å². The summed E-state index contributed by atoms with van der Waals surface area (Å²) in [4.78, 5) is 19.6. The minimum atomic E-state index is 0.160. The van der Waals surface area contributed by atoms with Gasteiger partial charge in [0, 0.05) is 30.3 Å². The van der Waals surface area contributed by atoms with Crippen molar-refractivity contribution in [1.82, 2.24) is 9.88 Å². The Morgan fingerprint density at radius 2 is 1.89 bits per heavy atom. The number of likely N-dealkylation sites (tertiary alicyclic amines) is 1. The van der Waals surface area contributed by atoms with Crippen molar-refractivity contribution in [2.45, 2.75) is 31.4 Å². The van der Waals surface area contributed by atoms with E-state index in [4.69, 9.17) is 4.98 Å². The lowest BCUT2D eigenvalue weighted by Crippen LogP contribution is -2.37. The molecule has 0 unspecified atom stereocenters. The van der Waals surface area contributed by atoms with Crippen LogP contribution in [0.25, 0.3) is 10.2 Å². The Morgan fingerprint density at radius 1 is 1.15 bits per heavy atom. The quantitative estimate of drug-likeness (QED) is 0.565. The Bertz CT molecular complexity index is 878. The molecule has 0 N–H and O–H groups in total. The summed E-state index contributed by atoms with van der Waals surface area (Å²) >= 11 is 3.70. The molecular formula is C22H24N2OS2. The fraction of sp³-hybridized carbons (Fsp3) is 0.364. The number of aromatic nitrogens is 1. The van der Waals surface area contributed by atoms with Crippen LogP contribution in [-0.2, 0) is 5.75 Å². The van der Waals surface area contributed by atoms with Crippen LogP contribution < -0.4 is 0 Å². The molecular weight excluding hydrogens is 372 g/mol. The third-order valence-electron chi connectivity index (χ3n) is 5.12. The minimum Gasteiger partial charge on any atom is -0.339 e. The second kappa shape index (κ2) is 8.44. The Balaban J connectivity index is 1.37. The third kappa shape index (κ3) is 4.19. The maximum absolute atomic E-state index is 12.8. The van der Waals surface area contributed by atoms with E-state index in [0.717, 1.165) is 48.5 Å². The van der Waals surface area contributed by atoms with Gasteiger partial charge in [-0.15, -0.1) is 11.3 Å². The molecule has 3 aromatic rings. The number of amides is 1. The van der Waals surface area contributed by atoms with E-state index >= 15 is 0 Å². The highest BCUT2D eigenvalue weighted by molar-refractivity contribution is 7.98. The van der Waals surface area contributed by atoms with Crippen molar-refractivity contribution in [3.8, 4) is 0 Å². The van der Waals surface area contributed by atoms with E-state index in [1.54, 1.807) is 11.3 Å². The van der Waals surface area contributed by atoms with Crippen molar-refractivity contribution in [3.63, 3.8) is 0 Å². The molecule has 5 heteroatoms. The molecule has 140 valence electrons. The number of carbonyl (C=O) groups is 1. The highest BCUT2D eigenvalue weighted by atomic mass is 32.2. The van der Waals surface area contributed by atoms with Gasteiger partial charge >= 0.3 is 0 Å². The summed E-state index contributed by atoms with van der Waals surface area (Å²) < 4.78 is 1.26. The number of hydrogen-bond acceptors (Lipinski definition) is 4. The van der Waals surface area contributed by atoms with Crippen LogP contribution in [0.4, 0.5) is 0 Å². The fourth-order valence-electron chi connectivity index (χ4n) is 3.54. The van der Waals surface area contributed by atoms with Gasteiger partial charge in [0.1, 0.15) is 0 Å². The summed E-state index contributed by atoms with van der Waals surface area (Å²) in [5, 5.41) is 1.22. The molecule has 0 bridgehead atoms. The molecule has 1 aromatic heterocycles. The van der Waals surface area contributed by atoms with Gasteiger partial charge in [0.05, 0.1) is 15.2 Å². The average molecular weight is 397 g/mol. The monoisotopic (exact) mass is 396 g/mol. The Morgan fingerprint density at radius 3 is 2.59 bits per heavy atom. The van der Waals surface area contributed by atoms with E-state index in [1.807, 2.05) is 34.9 Å². The number of carbonyl (C=O) groups excluding carboxylic acids is 1. The normalized spacial score (nSPS) is 15.4. The molecule has 1 aliphatic rings. The second-order valence-electron chi connectivity index (χ2n) is 6.92. The molecule has 4 rings (SSSR count). The lowest BCUT2D eigenvalue weighted by molar-refractivity contribution is 0.0713. The summed E-state index contributed by atoms with van der Waals surface area (Å²) in [6, 6.07) is 16.5. The Kier molecular flexibility index (Phi) is 5.79. The van der Waals surface area contributed by atoms with Crippen LogP contribution in [0.5, 0.6) is 0 Å². The number of thioether (sulfide) groups is 1. The summed E-state index contributed by atoms with van der Waals surface area (Å²) in [5.74, 6) is 2.76. The van der Waals surface area contributed by atoms with E-state index in [2.05, 4.69) is 37.3 Å². The Hall–Kier alpha value is -1.85. The molecule has 0 atom stereocenters. The smallest absolute Gasteiger partial charge is 0.253 e. The van der Waals surface area contributed by atoms with Gasteiger partial charge in [-0.05, 0) is 48.4 Å². The van der Waals surface area contributed by atoms with E-state index in [1.165, 1.54) is 15.3 Å². The molecule has 1 fully saturated rings. The minimum absolute atomic E-state index is 0.160. The number of para-hydroxylation sites is 1. The standard InChI is InChI=1S/C22H24N2OS2/c1-2-26-15-16-7-9-18(10-8-16)22(25)24-13-11-17(12-14-24)21-23-19-5-3-4-6-20(19)27-21/h3-10,17H,2,11-15H2,1H3. The van der Waals surface area contributed by atoms with Crippen LogP contribution in [0.1, 0.15) is 46.6 Å². The SMILES string of the molecule is CCSCc1ccc(C(=O)N2CCC(c3nc4ccccc4s3)CC2)cc1. The largest absolute Gasteiger partial charge is 0.339 e. The van der Waals surface area contributed by atoms with Crippen molar-refractivity contribution in [1.29, 1.82) is 0 Å². The zero-order valence-corrected chi connectivity index (χ0v) is 17.2. The molecule has 0 radical (unpaired) electrons. The van der Waals surface area contributed by atoms with Crippen molar-refractivity contribution >= 4 is 39.2 Å². The Labute approximate surface area is 168 Å². The van der Waals surface area contributed by atoms with Gasteiger partial charge in [-0.2, -0.15) is 11.8 Å². The van der Waals surface area contributed by atoms with Gasteiger partial charge in [0.15, 0.2) is 0 Å². The molecule has 1 aliphatic heterocycles. The summed E-state index contributed by atoms with van der Waals surface area (Å²) in [6.07, 6.45) is 1.99. The molecule has 1 saturated heterocycles. The molecule has 0 saturated carbocycles. The molecule has 27 heavy (non-hydrogen) atoms. The van der Waals surface area contributed by atoms with E-state index in [-0.39, 0.29) is 5.91 Å². The van der Waals surface area contributed by atoms with Gasteiger partial charge in [-0.1, -0.05) is 31.2 Å². The zero-order chi connectivity index (χ0) is 18.6. The predicted molar refractivity (Wildman–Crippen MR) is 116 cm³/mol. The predicted octanol–water partition coefficient (Wildman–Crippen LogP) is 5.57. The van der Waals surface area contributed by atoms with Crippen LogP contribution in [0.15, 0.2) is 48.5 Å². The summed E-state index contributed by atoms with van der Waals surface area (Å²) in [5.41, 5.74) is 3.18. The third-order valence-corrected chi connectivity index (χ3v) is 7.26. The first-order valence-corrected chi connectivity index (χ1v) is 11.5. The van der Waals surface area contributed by atoms with E-state index in [0.29, 0.717) is 5.92 Å². The zero-order valence-electron chi connectivity index (χ0n) is 15.6. The van der Waals surface area contributed by atoms with E-state index in [9.17, 15) is 4.79 Å². The highest BCUT2D eigenvalue weighted by Crippen LogP contribution is 2.34. The van der Waals surface area contributed by atoms with Crippen molar-refractivity contribution in [2.75, 3.05) is 18.8 Å². The van der Waals surface area contributed by atoms with Crippen LogP contribution in [0, 0.1) is 0 Å². The molecule has 2 aromatic carbocycles. The fourth-order valence-corrected chi connectivity index (χ4v) is 5.31. The van der Waals surface area contributed by atoms with Gasteiger partial charge in [0.2, 0.25) is 0 Å². The molecule has 0 aliphatic carbocycles. The van der Waals surface area contributed by atoms with Crippen LogP contribution >= 0.6 is 23.1 Å². The topological polar surface area (TPSA) is 33.2 Å². The first kappa shape index (κ1) is 18.5. The van der Waals surface area contributed by atoms with Crippen molar-refractivity contribution in [3.05, 3.63) is 64.7 Å². The van der Waals surface area contributed by atoms with Gasteiger partial charge in [-0.3, -0.25) is 4.79 Å². The second-order valence-corrected chi connectivity index (χ2v) is 9.26. The van der Waals surface area contributed by atoms with Crippen molar-refractivity contribution in [2.24, 2.45) is 0 Å².